The predicted octanol–water partition coefficient (Wildman–Crippen LogP) is -0.573. The van der Waals surface area contributed by atoms with Crippen LogP contribution in [0.1, 0.15) is 19.8 Å². The van der Waals surface area contributed by atoms with Crippen LogP contribution in [0.2, 0.25) is 0 Å². The van der Waals surface area contributed by atoms with Crippen LogP contribution in [0.5, 0.6) is 0 Å². The Morgan fingerprint density at radius 1 is 1.62 bits per heavy atom. The average Bonchev–Trinajstić information content (AvgIpc) is 2.10. The summed E-state index contributed by atoms with van der Waals surface area (Å²) in [6.45, 7) is 2.37. The minimum Gasteiger partial charge on any atom is -0.374 e. The van der Waals surface area contributed by atoms with Crippen molar-refractivity contribution in [2.45, 2.75) is 25.8 Å². The van der Waals surface area contributed by atoms with Crippen LogP contribution in [-0.2, 0) is 4.79 Å². The molecule has 0 bridgehead atoms. The summed E-state index contributed by atoms with van der Waals surface area (Å²) in [5, 5.41) is 12.4. The number of nitrogens with one attached hydrogen (secondary N) is 3. The van der Waals surface area contributed by atoms with Gasteiger partial charge < -0.3 is 16.4 Å². The lowest BCUT2D eigenvalue weighted by Gasteiger charge is -2.09. The molecule has 1 atom stereocenters. The summed E-state index contributed by atoms with van der Waals surface area (Å²) >= 11 is 0. The number of carbonyl (C=O) groups is 1. The predicted molar refractivity (Wildman–Crippen MR) is 52.7 cm³/mol. The first-order chi connectivity index (χ1) is 6.07. The molecule has 13 heavy (non-hydrogen) atoms. The topological polar surface area (TPSA) is 91.0 Å². The van der Waals surface area contributed by atoms with Gasteiger partial charge in [-0.05, 0) is 19.8 Å². The summed E-state index contributed by atoms with van der Waals surface area (Å²) in [7, 11) is 1.57. The molecule has 76 valence electrons. The molecule has 0 aliphatic rings. The third-order valence-electron chi connectivity index (χ3n) is 1.67. The van der Waals surface area contributed by atoms with Crippen molar-refractivity contribution in [3.8, 4) is 0 Å². The van der Waals surface area contributed by atoms with Gasteiger partial charge in [0.2, 0.25) is 5.91 Å². The highest BCUT2D eigenvalue weighted by atomic mass is 16.2. The maximum absolute atomic E-state index is 10.9. The summed E-state index contributed by atoms with van der Waals surface area (Å²) in [4.78, 5) is 10.9. The highest BCUT2D eigenvalue weighted by Gasteiger charge is 2.09. The van der Waals surface area contributed by atoms with Crippen molar-refractivity contribution in [3.63, 3.8) is 0 Å². The van der Waals surface area contributed by atoms with E-state index in [0.29, 0.717) is 18.8 Å². The van der Waals surface area contributed by atoms with Gasteiger partial charge in [0.15, 0.2) is 0 Å². The van der Waals surface area contributed by atoms with E-state index in [0.717, 1.165) is 6.42 Å². The molecule has 5 nitrogen and oxygen atoms in total. The summed E-state index contributed by atoms with van der Waals surface area (Å²) < 4.78 is 0. The summed E-state index contributed by atoms with van der Waals surface area (Å²) in [6.07, 6.45) is 1.44. The Balaban J connectivity index is 3.42. The molecule has 0 aliphatic carbocycles. The molecule has 5 N–H and O–H groups in total. The number of amidine groups is 1. The van der Waals surface area contributed by atoms with E-state index in [1.807, 2.05) is 0 Å². The van der Waals surface area contributed by atoms with Crippen LogP contribution in [0.3, 0.4) is 0 Å². The minimum absolute atomic E-state index is 0.133. The van der Waals surface area contributed by atoms with Gasteiger partial charge in [-0.25, -0.2) is 0 Å². The van der Waals surface area contributed by atoms with E-state index in [-0.39, 0.29) is 5.91 Å². The molecular formula is C8H18N4O. The molecule has 0 saturated carbocycles. The second-order valence-electron chi connectivity index (χ2n) is 2.91. The molecule has 0 heterocycles. The number of nitrogens with two attached hydrogens (primary N) is 1. The van der Waals surface area contributed by atoms with E-state index >= 15 is 0 Å². The highest BCUT2D eigenvalue weighted by Crippen LogP contribution is 1.92. The van der Waals surface area contributed by atoms with Gasteiger partial charge in [-0.3, -0.25) is 10.2 Å². The lowest BCUT2D eigenvalue weighted by Crippen LogP contribution is -2.39. The second kappa shape index (κ2) is 6.42. The Morgan fingerprint density at radius 3 is 2.69 bits per heavy atom. The van der Waals surface area contributed by atoms with Crippen LogP contribution in [0.25, 0.3) is 0 Å². The maximum atomic E-state index is 10.9. The molecule has 0 rings (SSSR count). The van der Waals surface area contributed by atoms with Crippen LogP contribution >= 0.6 is 0 Å². The van der Waals surface area contributed by atoms with Gasteiger partial charge in [0.05, 0.1) is 11.9 Å². The van der Waals surface area contributed by atoms with Crippen LogP contribution in [0.15, 0.2) is 0 Å². The van der Waals surface area contributed by atoms with Crippen molar-refractivity contribution in [1.82, 2.24) is 10.6 Å². The molecule has 0 radical (unpaired) electrons. The zero-order valence-electron chi connectivity index (χ0n) is 8.18. The van der Waals surface area contributed by atoms with E-state index in [9.17, 15) is 4.79 Å². The smallest absolute Gasteiger partial charge is 0.236 e. The van der Waals surface area contributed by atoms with Gasteiger partial charge in [-0.15, -0.1) is 0 Å². The number of likely N-dealkylation sites (N-methyl/N-ethyl adjacent to an activating group) is 1. The second-order valence-corrected chi connectivity index (χ2v) is 2.91. The van der Waals surface area contributed by atoms with Gasteiger partial charge in [-0.1, -0.05) is 0 Å². The highest BCUT2D eigenvalue weighted by molar-refractivity contribution is 5.81. The number of hydrogen-bond donors (Lipinski definition) is 4. The summed E-state index contributed by atoms with van der Waals surface area (Å²) in [6, 6.07) is -0.433. The van der Waals surface area contributed by atoms with Crippen molar-refractivity contribution in [3.05, 3.63) is 0 Å². The first kappa shape index (κ1) is 11.9. The number of carbonyl (C=O) groups excluding carboxylic acids is 1. The fourth-order valence-corrected chi connectivity index (χ4v) is 0.914. The fourth-order valence-electron chi connectivity index (χ4n) is 0.914. The zero-order valence-corrected chi connectivity index (χ0v) is 8.18. The monoisotopic (exact) mass is 186 g/mol. The van der Waals surface area contributed by atoms with Crippen molar-refractivity contribution < 1.29 is 4.79 Å². The average molecular weight is 186 g/mol. The summed E-state index contributed by atoms with van der Waals surface area (Å²) in [5.74, 6) is 0.306. The number of hydrogen-bond acceptors (Lipinski definition) is 3. The molecule has 5 heteroatoms. The van der Waals surface area contributed by atoms with E-state index in [2.05, 4.69) is 10.6 Å². The number of rotatable bonds is 5. The lowest BCUT2D eigenvalue weighted by molar-refractivity contribution is -0.122. The Kier molecular flexibility index (Phi) is 5.88. The molecule has 0 saturated heterocycles. The number of amides is 1. The van der Waals surface area contributed by atoms with Gasteiger partial charge in [0.25, 0.3) is 0 Å². The molecule has 0 aliphatic heterocycles. The quantitative estimate of drug-likeness (QED) is 0.263. The lowest BCUT2D eigenvalue weighted by atomic mass is 10.1. The van der Waals surface area contributed by atoms with Crippen molar-refractivity contribution in [2.75, 3.05) is 13.6 Å². The van der Waals surface area contributed by atoms with E-state index in [4.69, 9.17) is 11.1 Å². The molecule has 0 fully saturated rings. The molecule has 1 unspecified atom stereocenters. The standard InChI is InChI=1S/C8H18N4O/c1-6(9)12-5-3-4-7(10)8(13)11-2/h7H,3-5,10H2,1-2H3,(H2,9,12)(H,11,13). The normalized spacial score (nSPS) is 11.9. The molecule has 0 spiro atoms. The Labute approximate surface area is 78.6 Å². The first-order valence-electron chi connectivity index (χ1n) is 4.34. The Bertz CT molecular complexity index is 181. The Morgan fingerprint density at radius 2 is 2.23 bits per heavy atom. The van der Waals surface area contributed by atoms with E-state index in [1.54, 1.807) is 14.0 Å². The van der Waals surface area contributed by atoms with Crippen LogP contribution in [0.4, 0.5) is 0 Å². The van der Waals surface area contributed by atoms with Gasteiger partial charge in [0, 0.05) is 13.6 Å². The van der Waals surface area contributed by atoms with Gasteiger partial charge in [-0.2, -0.15) is 0 Å². The van der Waals surface area contributed by atoms with E-state index in [1.165, 1.54) is 0 Å². The first-order valence-corrected chi connectivity index (χ1v) is 4.34. The molecule has 1 amide bonds. The van der Waals surface area contributed by atoms with Crippen molar-refractivity contribution >= 4 is 11.7 Å². The van der Waals surface area contributed by atoms with Gasteiger partial charge in [0.1, 0.15) is 0 Å². The van der Waals surface area contributed by atoms with Crippen LogP contribution in [-0.4, -0.2) is 31.4 Å². The third-order valence-corrected chi connectivity index (χ3v) is 1.67. The van der Waals surface area contributed by atoms with Crippen molar-refractivity contribution in [1.29, 1.82) is 5.41 Å². The maximum Gasteiger partial charge on any atom is 0.236 e. The van der Waals surface area contributed by atoms with Crippen molar-refractivity contribution in [2.24, 2.45) is 5.73 Å². The third kappa shape index (κ3) is 6.10. The SMILES string of the molecule is CNC(=O)C(N)CCCNC(C)=N. The fraction of sp³-hybridized carbons (Fsp3) is 0.750. The summed E-state index contributed by atoms with van der Waals surface area (Å²) in [5.41, 5.74) is 5.55. The molecular weight excluding hydrogens is 168 g/mol. The Hall–Kier alpha value is -1.10. The van der Waals surface area contributed by atoms with Crippen LogP contribution < -0.4 is 16.4 Å². The largest absolute Gasteiger partial charge is 0.374 e. The molecule has 0 aromatic carbocycles. The van der Waals surface area contributed by atoms with E-state index < -0.39 is 6.04 Å². The van der Waals surface area contributed by atoms with Crippen LogP contribution in [0, 0.1) is 5.41 Å². The zero-order chi connectivity index (χ0) is 10.3. The minimum atomic E-state index is -0.433. The molecule has 0 aromatic heterocycles. The van der Waals surface area contributed by atoms with Gasteiger partial charge >= 0.3 is 0 Å². The molecule has 0 aromatic rings.